The van der Waals surface area contributed by atoms with Gasteiger partial charge in [-0.25, -0.2) is 8.42 Å². The highest BCUT2D eigenvalue weighted by Crippen LogP contribution is 2.26. The Morgan fingerprint density at radius 2 is 1.50 bits per heavy atom. The van der Waals surface area contributed by atoms with E-state index in [0.717, 1.165) is 22.4 Å². The van der Waals surface area contributed by atoms with E-state index in [1.165, 1.54) is 31.4 Å². The number of para-hydroxylation sites is 2. The van der Waals surface area contributed by atoms with Crippen molar-refractivity contribution in [3.63, 3.8) is 0 Å². The number of hydrogen-bond donors (Lipinski definition) is 2. The Bertz CT molecular complexity index is 1160. The summed E-state index contributed by atoms with van der Waals surface area (Å²) in [7, 11) is -2.36. The first-order valence-electron chi connectivity index (χ1n) is 9.36. The highest BCUT2D eigenvalue weighted by molar-refractivity contribution is 7.92. The van der Waals surface area contributed by atoms with Crippen molar-refractivity contribution in [1.29, 1.82) is 0 Å². The van der Waals surface area contributed by atoms with E-state index in [0.29, 0.717) is 17.0 Å². The van der Waals surface area contributed by atoms with Gasteiger partial charge in [-0.15, -0.1) is 0 Å². The van der Waals surface area contributed by atoms with Gasteiger partial charge < -0.3 is 10.1 Å². The summed E-state index contributed by atoms with van der Waals surface area (Å²) >= 11 is 0. The van der Waals surface area contributed by atoms with Gasteiger partial charge in [0.1, 0.15) is 5.75 Å². The Morgan fingerprint density at radius 1 is 0.900 bits per heavy atom. The molecule has 0 saturated heterocycles. The van der Waals surface area contributed by atoms with Gasteiger partial charge >= 0.3 is 0 Å². The van der Waals surface area contributed by atoms with E-state index < -0.39 is 10.0 Å². The van der Waals surface area contributed by atoms with Gasteiger partial charge in [0.15, 0.2) is 0 Å². The SMILES string of the molecule is COc1ccccc1NS(=O)(=O)c1ccc(C(=O)Nc2c(C)cc(C)cc2C)cc1. The molecule has 156 valence electrons. The molecule has 0 aliphatic rings. The summed E-state index contributed by atoms with van der Waals surface area (Å²) in [6.45, 7) is 5.88. The first-order chi connectivity index (χ1) is 14.2. The molecule has 0 aliphatic heterocycles. The summed E-state index contributed by atoms with van der Waals surface area (Å²) in [5.74, 6) is 0.118. The van der Waals surface area contributed by atoms with Crippen LogP contribution in [0.5, 0.6) is 5.75 Å². The average molecular weight is 425 g/mol. The van der Waals surface area contributed by atoms with Crippen LogP contribution in [0.25, 0.3) is 0 Å². The summed E-state index contributed by atoms with van der Waals surface area (Å²) in [4.78, 5) is 12.7. The second-order valence-corrected chi connectivity index (χ2v) is 8.74. The minimum Gasteiger partial charge on any atom is -0.495 e. The van der Waals surface area contributed by atoms with Crippen LogP contribution < -0.4 is 14.8 Å². The number of ether oxygens (including phenoxy) is 1. The number of carbonyl (C=O) groups excluding carboxylic acids is 1. The molecular weight excluding hydrogens is 400 g/mol. The zero-order valence-electron chi connectivity index (χ0n) is 17.3. The lowest BCUT2D eigenvalue weighted by molar-refractivity contribution is 0.102. The van der Waals surface area contributed by atoms with E-state index in [1.807, 2.05) is 32.9 Å². The Kier molecular flexibility index (Phi) is 6.12. The van der Waals surface area contributed by atoms with Crippen LogP contribution in [0.3, 0.4) is 0 Å². The summed E-state index contributed by atoms with van der Waals surface area (Å²) in [6.07, 6.45) is 0. The number of aryl methyl sites for hydroxylation is 3. The average Bonchev–Trinajstić information content (AvgIpc) is 2.70. The molecule has 0 aromatic heterocycles. The molecule has 0 atom stereocenters. The molecule has 3 aromatic rings. The Hall–Kier alpha value is -3.32. The van der Waals surface area contributed by atoms with Gasteiger partial charge in [0.25, 0.3) is 15.9 Å². The van der Waals surface area contributed by atoms with Crippen LogP contribution >= 0.6 is 0 Å². The molecule has 0 heterocycles. The second kappa shape index (κ2) is 8.59. The van der Waals surface area contributed by atoms with E-state index >= 15 is 0 Å². The number of hydrogen-bond acceptors (Lipinski definition) is 4. The minimum atomic E-state index is -3.83. The number of carbonyl (C=O) groups is 1. The minimum absolute atomic E-state index is 0.0488. The van der Waals surface area contributed by atoms with Crippen molar-refractivity contribution in [3.8, 4) is 5.75 Å². The fourth-order valence-corrected chi connectivity index (χ4v) is 4.35. The topological polar surface area (TPSA) is 84.5 Å². The molecule has 0 spiro atoms. The number of amides is 1. The van der Waals surface area contributed by atoms with Crippen molar-refractivity contribution in [3.05, 3.63) is 82.9 Å². The molecular formula is C23H24N2O4S. The molecule has 7 heteroatoms. The van der Waals surface area contributed by atoms with Crippen LogP contribution in [0.4, 0.5) is 11.4 Å². The fraction of sp³-hybridized carbons (Fsp3) is 0.174. The van der Waals surface area contributed by atoms with E-state index in [9.17, 15) is 13.2 Å². The van der Waals surface area contributed by atoms with Crippen LogP contribution in [0, 0.1) is 20.8 Å². The third-order valence-electron chi connectivity index (χ3n) is 4.69. The summed E-state index contributed by atoms with van der Waals surface area (Å²) in [6, 6.07) is 16.5. The van der Waals surface area contributed by atoms with E-state index in [-0.39, 0.29) is 10.8 Å². The Balaban J connectivity index is 1.79. The molecule has 3 aromatic carbocycles. The molecule has 0 aliphatic carbocycles. The normalized spacial score (nSPS) is 11.1. The van der Waals surface area contributed by atoms with E-state index in [2.05, 4.69) is 10.0 Å². The molecule has 30 heavy (non-hydrogen) atoms. The van der Waals surface area contributed by atoms with Gasteiger partial charge in [-0.3, -0.25) is 9.52 Å². The van der Waals surface area contributed by atoms with Crippen molar-refractivity contribution in [2.75, 3.05) is 17.1 Å². The molecule has 0 fully saturated rings. The quantitative estimate of drug-likeness (QED) is 0.602. The summed E-state index contributed by atoms with van der Waals surface area (Å²) < 4.78 is 33.1. The molecule has 0 bridgehead atoms. The summed E-state index contributed by atoms with van der Waals surface area (Å²) in [5.41, 5.74) is 4.54. The zero-order valence-corrected chi connectivity index (χ0v) is 18.1. The predicted molar refractivity (Wildman–Crippen MR) is 119 cm³/mol. The third kappa shape index (κ3) is 4.63. The van der Waals surface area contributed by atoms with Gasteiger partial charge in [-0.2, -0.15) is 0 Å². The predicted octanol–water partition coefficient (Wildman–Crippen LogP) is 4.67. The maximum absolute atomic E-state index is 12.7. The fourth-order valence-electron chi connectivity index (χ4n) is 3.28. The van der Waals surface area contributed by atoms with Crippen LogP contribution in [0.15, 0.2) is 65.6 Å². The first-order valence-corrected chi connectivity index (χ1v) is 10.8. The number of sulfonamides is 1. The van der Waals surface area contributed by atoms with Gasteiger partial charge in [0.2, 0.25) is 0 Å². The standard InChI is InChI=1S/C23H24N2O4S/c1-15-13-16(2)22(17(3)14-15)24-23(26)18-9-11-19(12-10-18)30(27,28)25-20-7-5-6-8-21(20)29-4/h5-14,25H,1-4H3,(H,24,26). The third-order valence-corrected chi connectivity index (χ3v) is 6.08. The van der Waals surface area contributed by atoms with Gasteiger partial charge in [-0.1, -0.05) is 29.8 Å². The number of benzene rings is 3. The monoisotopic (exact) mass is 424 g/mol. The van der Waals surface area contributed by atoms with E-state index in [4.69, 9.17) is 4.74 Å². The number of methoxy groups -OCH3 is 1. The molecule has 2 N–H and O–H groups in total. The highest BCUT2D eigenvalue weighted by atomic mass is 32.2. The zero-order chi connectivity index (χ0) is 21.9. The molecule has 0 saturated carbocycles. The lowest BCUT2D eigenvalue weighted by Gasteiger charge is -2.14. The lowest BCUT2D eigenvalue weighted by Crippen LogP contribution is -2.16. The largest absolute Gasteiger partial charge is 0.495 e. The Labute approximate surface area is 177 Å². The molecule has 1 amide bonds. The van der Waals surface area contributed by atoms with Crippen molar-refractivity contribution >= 4 is 27.3 Å². The molecule has 3 rings (SSSR count). The first kappa shape index (κ1) is 21.4. The van der Waals surface area contributed by atoms with Gasteiger partial charge in [0.05, 0.1) is 17.7 Å². The van der Waals surface area contributed by atoms with Crippen molar-refractivity contribution < 1.29 is 17.9 Å². The summed E-state index contributed by atoms with van der Waals surface area (Å²) in [5, 5.41) is 2.91. The second-order valence-electron chi connectivity index (χ2n) is 7.06. The van der Waals surface area contributed by atoms with Gasteiger partial charge in [0, 0.05) is 11.3 Å². The number of anilines is 2. The van der Waals surface area contributed by atoms with Crippen LogP contribution in [0.1, 0.15) is 27.0 Å². The van der Waals surface area contributed by atoms with E-state index in [1.54, 1.807) is 24.3 Å². The molecule has 0 unspecified atom stereocenters. The molecule has 0 radical (unpaired) electrons. The van der Waals surface area contributed by atoms with Crippen molar-refractivity contribution in [2.45, 2.75) is 25.7 Å². The Morgan fingerprint density at radius 3 is 2.10 bits per heavy atom. The molecule has 6 nitrogen and oxygen atoms in total. The number of rotatable bonds is 6. The van der Waals surface area contributed by atoms with Crippen LogP contribution in [0.2, 0.25) is 0 Å². The number of nitrogens with one attached hydrogen (secondary N) is 2. The van der Waals surface area contributed by atoms with Crippen LogP contribution in [-0.2, 0) is 10.0 Å². The lowest BCUT2D eigenvalue weighted by atomic mass is 10.0. The smallest absolute Gasteiger partial charge is 0.262 e. The van der Waals surface area contributed by atoms with Crippen LogP contribution in [-0.4, -0.2) is 21.4 Å². The van der Waals surface area contributed by atoms with Crippen molar-refractivity contribution in [2.24, 2.45) is 0 Å². The maximum atomic E-state index is 12.7. The maximum Gasteiger partial charge on any atom is 0.262 e. The van der Waals surface area contributed by atoms with Crippen molar-refractivity contribution in [1.82, 2.24) is 0 Å². The highest BCUT2D eigenvalue weighted by Gasteiger charge is 2.17. The van der Waals surface area contributed by atoms with Gasteiger partial charge in [-0.05, 0) is 68.3 Å².